The van der Waals surface area contributed by atoms with Crippen LogP contribution >= 0.6 is 0 Å². The van der Waals surface area contributed by atoms with E-state index in [1.807, 2.05) is 0 Å². The van der Waals surface area contributed by atoms with Crippen LogP contribution in [-0.4, -0.2) is 48.5 Å². The van der Waals surface area contributed by atoms with Gasteiger partial charge in [0.25, 0.3) is 0 Å². The van der Waals surface area contributed by atoms with E-state index in [1.54, 1.807) is 0 Å². The molecule has 1 aliphatic carbocycles. The Morgan fingerprint density at radius 1 is 1.41 bits per heavy atom. The number of ether oxygens (including phenoxy) is 1. The Bertz CT molecular complexity index is 255. The van der Waals surface area contributed by atoms with Gasteiger partial charge >= 0.3 is 0 Å². The standard InChI is InChI=1S/C14H27NO2/c1-11-9-15(7-4-8-17-11)10-12-5-6-14(2,3)13(12)16/h11-13,16H,4-10H2,1-3H3. The minimum Gasteiger partial charge on any atom is -0.392 e. The fourth-order valence-corrected chi connectivity index (χ4v) is 3.27. The zero-order valence-corrected chi connectivity index (χ0v) is 11.5. The normalized spacial score (nSPS) is 39.2. The number of rotatable bonds is 2. The molecule has 1 heterocycles. The molecule has 3 atom stereocenters. The molecule has 3 heteroatoms. The number of hydrogen-bond acceptors (Lipinski definition) is 3. The highest BCUT2D eigenvalue weighted by atomic mass is 16.5. The molecule has 0 aromatic heterocycles. The van der Waals surface area contributed by atoms with Crippen LogP contribution in [0.3, 0.4) is 0 Å². The van der Waals surface area contributed by atoms with Gasteiger partial charge in [-0.1, -0.05) is 13.8 Å². The molecule has 1 aliphatic heterocycles. The van der Waals surface area contributed by atoms with Crippen LogP contribution in [0.1, 0.15) is 40.0 Å². The molecule has 2 fully saturated rings. The van der Waals surface area contributed by atoms with Gasteiger partial charge in [0, 0.05) is 26.2 Å². The minimum atomic E-state index is -0.137. The van der Waals surface area contributed by atoms with Gasteiger partial charge in [-0.15, -0.1) is 0 Å². The van der Waals surface area contributed by atoms with E-state index in [1.165, 1.54) is 6.42 Å². The first kappa shape index (κ1) is 13.3. The smallest absolute Gasteiger partial charge is 0.0673 e. The highest BCUT2D eigenvalue weighted by molar-refractivity contribution is 4.92. The van der Waals surface area contributed by atoms with Gasteiger partial charge in [-0.3, -0.25) is 0 Å². The van der Waals surface area contributed by atoms with Crippen molar-refractivity contribution in [1.82, 2.24) is 4.90 Å². The van der Waals surface area contributed by atoms with Crippen LogP contribution in [-0.2, 0) is 4.74 Å². The van der Waals surface area contributed by atoms with E-state index in [4.69, 9.17) is 4.74 Å². The molecule has 17 heavy (non-hydrogen) atoms. The maximum Gasteiger partial charge on any atom is 0.0673 e. The minimum absolute atomic E-state index is 0.110. The van der Waals surface area contributed by atoms with Crippen LogP contribution in [0.2, 0.25) is 0 Å². The van der Waals surface area contributed by atoms with Gasteiger partial charge < -0.3 is 14.7 Å². The maximum absolute atomic E-state index is 10.3. The molecule has 3 unspecified atom stereocenters. The van der Waals surface area contributed by atoms with Crippen molar-refractivity contribution in [2.45, 2.75) is 52.2 Å². The molecular formula is C14H27NO2. The molecule has 0 aromatic carbocycles. The summed E-state index contributed by atoms with van der Waals surface area (Å²) in [5.41, 5.74) is 0.110. The lowest BCUT2D eigenvalue weighted by Gasteiger charge is -2.30. The molecule has 0 spiro atoms. The summed E-state index contributed by atoms with van der Waals surface area (Å²) in [6, 6.07) is 0. The lowest BCUT2D eigenvalue weighted by atomic mass is 9.87. The molecule has 2 aliphatic rings. The summed E-state index contributed by atoms with van der Waals surface area (Å²) in [6.07, 6.45) is 3.64. The summed E-state index contributed by atoms with van der Waals surface area (Å²) in [5, 5.41) is 10.3. The fraction of sp³-hybridized carbons (Fsp3) is 1.00. The largest absolute Gasteiger partial charge is 0.392 e. The van der Waals surface area contributed by atoms with Crippen molar-refractivity contribution in [3.63, 3.8) is 0 Å². The van der Waals surface area contributed by atoms with Crippen molar-refractivity contribution < 1.29 is 9.84 Å². The number of nitrogens with zero attached hydrogens (tertiary/aromatic N) is 1. The van der Waals surface area contributed by atoms with Gasteiger partial charge in [-0.2, -0.15) is 0 Å². The summed E-state index contributed by atoms with van der Waals surface area (Å²) < 4.78 is 5.66. The van der Waals surface area contributed by atoms with E-state index < -0.39 is 0 Å². The average molecular weight is 241 g/mol. The Balaban J connectivity index is 1.88. The molecular weight excluding hydrogens is 214 g/mol. The van der Waals surface area contributed by atoms with E-state index in [0.717, 1.165) is 39.1 Å². The predicted octanol–water partition coefficient (Wildman–Crippen LogP) is 1.89. The highest BCUT2D eigenvalue weighted by Gasteiger charge is 2.41. The molecule has 1 N–H and O–H groups in total. The SMILES string of the molecule is CC1CN(CC2CCC(C)(C)C2O)CCCO1. The van der Waals surface area contributed by atoms with E-state index in [2.05, 4.69) is 25.7 Å². The fourth-order valence-electron chi connectivity index (χ4n) is 3.27. The highest BCUT2D eigenvalue weighted by Crippen LogP contribution is 2.41. The zero-order valence-electron chi connectivity index (χ0n) is 11.5. The van der Waals surface area contributed by atoms with Crippen LogP contribution < -0.4 is 0 Å². The number of aliphatic hydroxyl groups excluding tert-OH is 1. The second-order valence-corrected chi connectivity index (χ2v) is 6.53. The van der Waals surface area contributed by atoms with Crippen molar-refractivity contribution in [1.29, 1.82) is 0 Å². The zero-order chi connectivity index (χ0) is 12.5. The summed E-state index contributed by atoms with van der Waals surface area (Å²) in [5.74, 6) is 0.454. The third kappa shape index (κ3) is 3.21. The number of aliphatic hydroxyl groups is 1. The summed E-state index contributed by atoms with van der Waals surface area (Å²) >= 11 is 0. The van der Waals surface area contributed by atoms with Crippen molar-refractivity contribution in [3.8, 4) is 0 Å². The lowest BCUT2D eigenvalue weighted by molar-refractivity contribution is 0.0262. The summed E-state index contributed by atoms with van der Waals surface area (Å²) in [7, 11) is 0. The Hall–Kier alpha value is -0.120. The van der Waals surface area contributed by atoms with Crippen molar-refractivity contribution in [2.75, 3.05) is 26.2 Å². The Morgan fingerprint density at radius 2 is 2.18 bits per heavy atom. The van der Waals surface area contributed by atoms with Crippen molar-refractivity contribution >= 4 is 0 Å². The summed E-state index contributed by atoms with van der Waals surface area (Å²) in [6.45, 7) is 10.6. The monoisotopic (exact) mass is 241 g/mol. The first-order chi connectivity index (χ1) is 7.99. The third-order valence-corrected chi connectivity index (χ3v) is 4.44. The van der Waals surface area contributed by atoms with Crippen LogP contribution in [0.25, 0.3) is 0 Å². The Morgan fingerprint density at radius 3 is 2.82 bits per heavy atom. The van der Waals surface area contributed by atoms with Gasteiger partial charge in [0.05, 0.1) is 12.2 Å². The maximum atomic E-state index is 10.3. The van der Waals surface area contributed by atoms with E-state index >= 15 is 0 Å². The molecule has 1 saturated heterocycles. The van der Waals surface area contributed by atoms with Crippen LogP contribution in [0.4, 0.5) is 0 Å². The molecule has 2 rings (SSSR count). The Labute approximate surface area is 105 Å². The van der Waals surface area contributed by atoms with Gasteiger partial charge in [0.2, 0.25) is 0 Å². The first-order valence-corrected chi connectivity index (χ1v) is 7.01. The van der Waals surface area contributed by atoms with Crippen LogP contribution in [0.5, 0.6) is 0 Å². The molecule has 3 nitrogen and oxygen atoms in total. The predicted molar refractivity (Wildman–Crippen MR) is 69.0 cm³/mol. The molecule has 0 amide bonds. The molecule has 0 aromatic rings. The van der Waals surface area contributed by atoms with E-state index in [9.17, 15) is 5.11 Å². The van der Waals surface area contributed by atoms with Crippen molar-refractivity contribution in [3.05, 3.63) is 0 Å². The second kappa shape index (κ2) is 5.25. The second-order valence-electron chi connectivity index (χ2n) is 6.53. The molecule has 0 radical (unpaired) electrons. The van der Waals surface area contributed by atoms with Gasteiger partial charge in [-0.05, 0) is 37.5 Å². The lowest BCUT2D eigenvalue weighted by Crippen LogP contribution is -2.39. The molecule has 1 saturated carbocycles. The van der Waals surface area contributed by atoms with E-state index in [0.29, 0.717) is 12.0 Å². The quantitative estimate of drug-likeness (QED) is 0.801. The average Bonchev–Trinajstić information content (AvgIpc) is 2.44. The Kier molecular flexibility index (Phi) is 4.11. The van der Waals surface area contributed by atoms with Gasteiger partial charge in [0.1, 0.15) is 0 Å². The number of hydrogen-bond donors (Lipinski definition) is 1. The molecule has 0 bridgehead atoms. The van der Waals surface area contributed by atoms with Crippen LogP contribution in [0, 0.1) is 11.3 Å². The topological polar surface area (TPSA) is 32.7 Å². The van der Waals surface area contributed by atoms with Gasteiger partial charge in [0.15, 0.2) is 0 Å². The first-order valence-electron chi connectivity index (χ1n) is 7.01. The molecule has 100 valence electrons. The third-order valence-electron chi connectivity index (χ3n) is 4.44. The van der Waals surface area contributed by atoms with Crippen molar-refractivity contribution in [2.24, 2.45) is 11.3 Å². The van der Waals surface area contributed by atoms with E-state index in [-0.39, 0.29) is 11.5 Å². The van der Waals surface area contributed by atoms with Crippen LogP contribution in [0.15, 0.2) is 0 Å². The van der Waals surface area contributed by atoms with Gasteiger partial charge in [-0.25, -0.2) is 0 Å². The summed E-state index contributed by atoms with van der Waals surface area (Å²) in [4.78, 5) is 2.48.